The Bertz CT molecular complexity index is 534. The molecular formula is C16H23N3O2. The van der Waals surface area contributed by atoms with Crippen LogP contribution in [0.15, 0.2) is 18.2 Å². The number of aryl methyl sites for hydroxylation is 1. The number of non-ortho nitro benzene ring substituents is 1. The number of nitrogens with zero attached hydrogens (tertiary/aromatic N) is 2. The van der Waals surface area contributed by atoms with Crippen LogP contribution in [0.25, 0.3) is 0 Å². The Morgan fingerprint density at radius 3 is 2.52 bits per heavy atom. The summed E-state index contributed by atoms with van der Waals surface area (Å²) in [6.45, 7) is 5.09. The summed E-state index contributed by atoms with van der Waals surface area (Å²) in [5.41, 5.74) is 2.32. The van der Waals surface area contributed by atoms with Gasteiger partial charge in [0, 0.05) is 42.5 Å². The van der Waals surface area contributed by atoms with Gasteiger partial charge in [0.1, 0.15) is 0 Å². The van der Waals surface area contributed by atoms with Crippen molar-refractivity contribution in [2.75, 3.05) is 11.4 Å². The highest BCUT2D eigenvalue weighted by Gasteiger charge is 2.36. The molecule has 2 bridgehead atoms. The van der Waals surface area contributed by atoms with Crippen LogP contribution in [-0.2, 0) is 0 Å². The zero-order valence-electron chi connectivity index (χ0n) is 12.7. The van der Waals surface area contributed by atoms with Crippen molar-refractivity contribution in [2.45, 2.75) is 57.7 Å². The Morgan fingerprint density at radius 1 is 1.33 bits per heavy atom. The second-order valence-electron chi connectivity index (χ2n) is 6.28. The Balaban J connectivity index is 1.84. The van der Waals surface area contributed by atoms with Gasteiger partial charge in [-0.05, 0) is 51.2 Å². The summed E-state index contributed by atoms with van der Waals surface area (Å²) in [6.07, 6.45) is 4.94. The van der Waals surface area contributed by atoms with Gasteiger partial charge in [0.2, 0.25) is 0 Å². The van der Waals surface area contributed by atoms with Gasteiger partial charge in [-0.1, -0.05) is 0 Å². The number of hydrogen-bond acceptors (Lipinski definition) is 4. The topological polar surface area (TPSA) is 58.4 Å². The molecule has 0 saturated carbocycles. The van der Waals surface area contributed by atoms with Gasteiger partial charge < -0.3 is 10.2 Å². The van der Waals surface area contributed by atoms with Gasteiger partial charge in [-0.3, -0.25) is 10.1 Å². The largest absolute Gasteiger partial charge is 0.368 e. The Morgan fingerprint density at radius 2 is 2.00 bits per heavy atom. The number of nitro groups is 1. The van der Waals surface area contributed by atoms with E-state index in [0.717, 1.165) is 17.8 Å². The lowest BCUT2D eigenvalue weighted by molar-refractivity contribution is -0.384. The molecule has 2 unspecified atom stereocenters. The SMILES string of the molecule is CCN(c1ccc([N+](=O)[O-])cc1C)C1CC2CCC(C1)N2. The molecule has 0 aromatic heterocycles. The second kappa shape index (κ2) is 5.64. The molecule has 5 nitrogen and oxygen atoms in total. The highest BCUT2D eigenvalue weighted by atomic mass is 16.6. The van der Waals surface area contributed by atoms with Crippen LogP contribution in [0.5, 0.6) is 0 Å². The molecule has 2 aliphatic heterocycles. The monoisotopic (exact) mass is 289 g/mol. The van der Waals surface area contributed by atoms with Gasteiger partial charge in [0.25, 0.3) is 5.69 Å². The lowest BCUT2D eigenvalue weighted by Crippen LogP contribution is -2.48. The number of piperidine rings is 1. The fraction of sp³-hybridized carbons (Fsp3) is 0.625. The number of anilines is 1. The van der Waals surface area contributed by atoms with Crippen LogP contribution < -0.4 is 10.2 Å². The number of rotatable bonds is 4. The first-order valence-electron chi connectivity index (χ1n) is 7.86. The van der Waals surface area contributed by atoms with Gasteiger partial charge in [0.05, 0.1) is 4.92 Å². The predicted octanol–water partition coefficient (Wildman–Crippen LogP) is 3.01. The molecule has 3 rings (SSSR count). The minimum Gasteiger partial charge on any atom is -0.368 e. The maximum absolute atomic E-state index is 10.9. The summed E-state index contributed by atoms with van der Waals surface area (Å²) in [5.74, 6) is 0. The Kier molecular flexibility index (Phi) is 3.85. The fourth-order valence-corrected chi connectivity index (χ4v) is 3.98. The molecule has 1 aromatic carbocycles. The summed E-state index contributed by atoms with van der Waals surface area (Å²) in [6, 6.07) is 7.09. The molecule has 2 aliphatic rings. The van der Waals surface area contributed by atoms with E-state index in [4.69, 9.17) is 0 Å². The van der Waals surface area contributed by atoms with Gasteiger partial charge in [-0.25, -0.2) is 0 Å². The third-order valence-electron chi connectivity index (χ3n) is 4.93. The molecule has 2 saturated heterocycles. The highest BCUT2D eigenvalue weighted by molar-refractivity contribution is 5.58. The smallest absolute Gasteiger partial charge is 0.269 e. The van der Waals surface area contributed by atoms with E-state index in [-0.39, 0.29) is 10.6 Å². The van der Waals surface area contributed by atoms with Crippen molar-refractivity contribution >= 4 is 11.4 Å². The molecule has 2 atom stereocenters. The van der Waals surface area contributed by atoms with Crippen LogP contribution in [0.2, 0.25) is 0 Å². The number of nitro benzene ring substituents is 1. The minimum atomic E-state index is -0.322. The molecule has 21 heavy (non-hydrogen) atoms. The molecule has 0 spiro atoms. The van der Waals surface area contributed by atoms with E-state index < -0.39 is 0 Å². The van der Waals surface area contributed by atoms with E-state index in [1.54, 1.807) is 12.1 Å². The highest BCUT2D eigenvalue weighted by Crippen LogP contribution is 2.34. The summed E-state index contributed by atoms with van der Waals surface area (Å²) in [5, 5.41) is 14.6. The molecular weight excluding hydrogens is 266 g/mol. The second-order valence-corrected chi connectivity index (χ2v) is 6.28. The van der Waals surface area contributed by atoms with E-state index >= 15 is 0 Å². The average molecular weight is 289 g/mol. The summed E-state index contributed by atoms with van der Waals surface area (Å²) < 4.78 is 0. The number of hydrogen-bond donors (Lipinski definition) is 1. The summed E-state index contributed by atoms with van der Waals surface area (Å²) in [7, 11) is 0. The van der Waals surface area contributed by atoms with Crippen LogP contribution in [-0.4, -0.2) is 29.6 Å². The number of nitrogens with one attached hydrogen (secondary N) is 1. The molecule has 114 valence electrons. The molecule has 5 heteroatoms. The standard InChI is InChI=1S/C16H23N3O2/c1-3-18(15-9-12-4-5-13(10-15)17-12)16-7-6-14(19(20)21)8-11(16)2/h6-8,12-13,15,17H,3-5,9-10H2,1-2H3. The van der Waals surface area contributed by atoms with Crippen molar-refractivity contribution in [3.8, 4) is 0 Å². The minimum absolute atomic E-state index is 0.178. The quantitative estimate of drug-likeness (QED) is 0.684. The van der Waals surface area contributed by atoms with Crippen molar-refractivity contribution in [1.82, 2.24) is 5.32 Å². The van der Waals surface area contributed by atoms with Crippen LogP contribution in [0, 0.1) is 17.0 Å². The predicted molar refractivity (Wildman–Crippen MR) is 83.8 cm³/mol. The fourth-order valence-electron chi connectivity index (χ4n) is 3.98. The Labute approximate surface area is 125 Å². The molecule has 0 radical (unpaired) electrons. The van der Waals surface area contributed by atoms with Crippen molar-refractivity contribution < 1.29 is 4.92 Å². The maximum Gasteiger partial charge on any atom is 0.269 e. The molecule has 1 aromatic rings. The normalized spacial score (nSPS) is 27.6. The molecule has 2 fully saturated rings. The summed E-state index contributed by atoms with van der Waals surface area (Å²) >= 11 is 0. The van der Waals surface area contributed by atoms with Crippen LogP contribution in [0.3, 0.4) is 0 Å². The van der Waals surface area contributed by atoms with E-state index in [1.165, 1.54) is 25.7 Å². The zero-order chi connectivity index (χ0) is 15.0. The van der Waals surface area contributed by atoms with E-state index in [2.05, 4.69) is 17.1 Å². The summed E-state index contributed by atoms with van der Waals surface area (Å²) in [4.78, 5) is 13.0. The molecule has 2 heterocycles. The first-order chi connectivity index (χ1) is 10.1. The van der Waals surface area contributed by atoms with Crippen LogP contribution in [0.1, 0.15) is 38.2 Å². The van der Waals surface area contributed by atoms with E-state index in [0.29, 0.717) is 18.1 Å². The average Bonchev–Trinajstić information content (AvgIpc) is 2.80. The third-order valence-corrected chi connectivity index (χ3v) is 4.93. The van der Waals surface area contributed by atoms with E-state index in [1.807, 2.05) is 13.0 Å². The zero-order valence-corrected chi connectivity index (χ0v) is 12.7. The van der Waals surface area contributed by atoms with Crippen LogP contribution in [0.4, 0.5) is 11.4 Å². The first kappa shape index (κ1) is 14.3. The molecule has 0 aliphatic carbocycles. The van der Waals surface area contributed by atoms with Gasteiger partial charge in [0.15, 0.2) is 0 Å². The number of fused-ring (bicyclic) bond motifs is 2. The lowest BCUT2D eigenvalue weighted by atomic mass is 9.97. The molecule has 1 N–H and O–H groups in total. The molecule has 0 amide bonds. The maximum atomic E-state index is 10.9. The van der Waals surface area contributed by atoms with Crippen LogP contribution >= 0.6 is 0 Å². The van der Waals surface area contributed by atoms with Gasteiger partial charge >= 0.3 is 0 Å². The van der Waals surface area contributed by atoms with E-state index in [9.17, 15) is 10.1 Å². The lowest BCUT2D eigenvalue weighted by Gasteiger charge is -2.39. The Hall–Kier alpha value is -1.62. The van der Waals surface area contributed by atoms with Crippen molar-refractivity contribution in [3.05, 3.63) is 33.9 Å². The third kappa shape index (κ3) is 2.75. The van der Waals surface area contributed by atoms with Crippen molar-refractivity contribution in [1.29, 1.82) is 0 Å². The van der Waals surface area contributed by atoms with Crippen molar-refractivity contribution in [2.24, 2.45) is 0 Å². The first-order valence-corrected chi connectivity index (χ1v) is 7.86. The number of benzene rings is 1. The van der Waals surface area contributed by atoms with Gasteiger partial charge in [-0.2, -0.15) is 0 Å². The van der Waals surface area contributed by atoms with Gasteiger partial charge in [-0.15, -0.1) is 0 Å². The van der Waals surface area contributed by atoms with Crippen molar-refractivity contribution in [3.63, 3.8) is 0 Å².